The van der Waals surface area contributed by atoms with Crippen molar-refractivity contribution in [2.75, 3.05) is 32.7 Å². The average Bonchev–Trinajstić information content (AvgIpc) is 2.84. The Bertz CT molecular complexity index is 862. The molecule has 1 aromatic rings. The second-order valence-electron chi connectivity index (χ2n) is 8.73. The number of nitrogens with zero attached hydrogens (tertiary/aromatic N) is 2. The maximum Gasteiger partial charge on any atom is 1.00 e. The van der Waals surface area contributed by atoms with E-state index in [1.165, 1.54) is 30.7 Å². The molecule has 0 aliphatic carbocycles. The Morgan fingerprint density at radius 1 is 1.06 bits per heavy atom. The normalized spacial score (nSPS) is 18.1. The summed E-state index contributed by atoms with van der Waals surface area (Å²) in [5.41, 5.74) is 5.90. The van der Waals surface area contributed by atoms with E-state index < -0.39 is 11.5 Å². The van der Waals surface area contributed by atoms with Crippen LogP contribution in [0.2, 0.25) is 0 Å². The Labute approximate surface area is 250 Å². The van der Waals surface area contributed by atoms with Gasteiger partial charge in [-0.05, 0) is 82.1 Å². The van der Waals surface area contributed by atoms with Gasteiger partial charge >= 0.3 is 51.4 Å². The standard InChI is InChI=1S/C21H30FN3O2.C5H6O2.K/c22-18-8-6-17(7-9-18)19(26)5-4-12-24-15-10-21(11-16-24,20(23)27)25-13-2-1-3-14-25;1-2-3-4-5(6)7;/h6-9H,1-5,10-16H2,(H2,23,27);2-4H,1H2,(H,6,7);/q;;+1/p-1/b;4-3+;. The maximum absolute atomic E-state index is 12.9. The Kier molecular flexibility index (Phi) is 15.0. The predicted molar refractivity (Wildman–Crippen MR) is 127 cm³/mol. The molecule has 35 heavy (non-hydrogen) atoms. The van der Waals surface area contributed by atoms with Crippen LogP contribution in [0.4, 0.5) is 4.39 Å². The number of ketones is 1. The summed E-state index contributed by atoms with van der Waals surface area (Å²) in [5, 5.41) is 9.51. The van der Waals surface area contributed by atoms with Crippen molar-refractivity contribution >= 4 is 17.7 Å². The topological polar surface area (TPSA) is 107 Å². The molecule has 3 rings (SSSR count). The molecule has 1 amide bonds. The van der Waals surface area contributed by atoms with E-state index in [1.54, 1.807) is 12.1 Å². The third-order valence-electron chi connectivity index (χ3n) is 6.52. The van der Waals surface area contributed by atoms with E-state index in [0.717, 1.165) is 70.9 Å². The summed E-state index contributed by atoms with van der Waals surface area (Å²) in [6.45, 7) is 7.70. The molecule has 0 atom stereocenters. The number of allylic oxidation sites excluding steroid dienone is 2. The van der Waals surface area contributed by atoms with E-state index in [0.29, 0.717) is 12.0 Å². The van der Waals surface area contributed by atoms with Crippen LogP contribution in [-0.4, -0.2) is 65.7 Å². The third-order valence-corrected chi connectivity index (χ3v) is 6.52. The average molecular weight is 512 g/mol. The number of carboxylic acids is 1. The molecule has 0 unspecified atom stereocenters. The van der Waals surface area contributed by atoms with Gasteiger partial charge in [-0.1, -0.05) is 25.2 Å². The summed E-state index contributed by atoms with van der Waals surface area (Å²) in [7, 11) is 0. The number of halogens is 1. The molecular formula is C26H35FKN3O4. The Balaban J connectivity index is 0.000000672. The van der Waals surface area contributed by atoms with Crippen molar-refractivity contribution in [2.45, 2.75) is 50.5 Å². The quantitative estimate of drug-likeness (QED) is 0.199. The van der Waals surface area contributed by atoms with Gasteiger partial charge in [-0.15, -0.1) is 0 Å². The number of hydrogen-bond acceptors (Lipinski definition) is 6. The molecule has 0 spiro atoms. The van der Waals surface area contributed by atoms with Gasteiger partial charge in [0, 0.05) is 25.1 Å². The van der Waals surface area contributed by atoms with E-state index in [4.69, 9.17) is 5.73 Å². The number of Topliss-reactive ketones (excluding diaryl/α,β-unsaturated/α-hetero) is 1. The molecule has 186 valence electrons. The molecule has 2 aliphatic heterocycles. The number of benzene rings is 1. The van der Waals surface area contributed by atoms with E-state index in [9.17, 15) is 23.9 Å². The monoisotopic (exact) mass is 511 g/mol. The summed E-state index contributed by atoms with van der Waals surface area (Å²) in [4.78, 5) is 38.6. The first-order chi connectivity index (χ1) is 16.3. The number of piperidine rings is 2. The zero-order chi connectivity index (χ0) is 25.0. The van der Waals surface area contributed by atoms with Gasteiger partial charge in [-0.25, -0.2) is 4.39 Å². The zero-order valence-electron chi connectivity index (χ0n) is 20.7. The fourth-order valence-corrected chi connectivity index (χ4v) is 4.58. The first-order valence-corrected chi connectivity index (χ1v) is 11.8. The van der Waals surface area contributed by atoms with Crippen molar-refractivity contribution < 1.29 is 75.3 Å². The summed E-state index contributed by atoms with van der Waals surface area (Å²) in [6.07, 6.45) is 9.87. The van der Waals surface area contributed by atoms with Gasteiger partial charge in [0.1, 0.15) is 11.4 Å². The van der Waals surface area contributed by atoms with Crippen LogP contribution in [0.15, 0.2) is 49.1 Å². The second-order valence-corrected chi connectivity index (χ2v) is 8.73. The fraction of sp³-hybridized carbons (Fsp3) is 0.500. The third kappa shape index (κ3) is 10.4. The van der Waals surface area contributed by atoms with Crippen LogP contribution in [0.1, 0.15) is 55.3 Å². The van der Waals surface area contributed by atoms with E-state index >= 15 is 0 Å². The fourth-order valence-electron chi connectivity index (χ4n) is 4.58. The molecule has 0 aromatic heterocycles. The van der Waals surface area contributed by atoms with Crippen LogP contribution in [-0.2, 0) is 9.59 Å². The molecule has 2 fully saturated rings. The van der Waals surface area contributed by atoms with Crippen LogP contribution in [0.25, 0.3) is 0 Å². The number of hydrogen-bond donors (Lipinski definition) is 1. The number of carbonyl (C=O) groups is 3. The van der Waals surface area contributed by atoms with E-state index in [2.05, 4.69) is 16.4 Å². The van der Waals surface area contributed by atoms with Crippen LogP contribution in [0.5, 0.6) is 0 Å². The van der Waals surface area contributed by atoms with Gasteiger partial charge in [0.25, 0.3) is 0 Å². The molecule has 1 aromatic carbocycles. The first kappa shape index (κ1) is 31.8. The van der Waals surface area contributed by atoms with Crippen molar-refractivity contribution in [2.24, 2.45) is 5.73 Å². The minimum atomic E-state index is -1.19. The molecule has 7 nitrogen and oxygen atoms in total. The van der Waals surface area contributed by atoms with Crippen LogP contribution >= 0.6 is 0 Å². The van der Waals surface area contributed by atoms with Crippen molar-refractivity contribution in [1.82, 2.24) is 9.80 Å². The second kappa shape index (κ2) is 16.5. The van der Waals surface area contributed by atoms with Crippen LogP contribution < -0.4 is 62.2 Å². The maximum atomic E-state index is 12.9. The largest absolute Gasteiger partial charge is 1.00 e. The SMILES string of the molecule is C=C/C=C/C(=O)[O-].NC(=O)C1(N2CCCCC2)CCN(CCCC(=O)c2ccc(F)cc2)CC1.[K+]. The predicted octanol–water partition coefficient (Wildman–Crippen LogP) is -0.923. The van der Waals surface area contributed by atoms with Gasteiger partial charge in [-0.2, -0.15) is 0 Å². The summed E-state index contributed by atoms with van der Waals surface area (Å²) < 4.78 is 12.9. The number of rotatable bonds is 9. The Morgan fingerprint density at radius 2 is 1.66 bits per heavy atom. The molecule has 0 bridgehead atoms. The summed E-state index contributed by atoms with van der Waals surface area (Å²) >= 11 is 0. The van der Waals surface area contributed by atoms with Gasteiger partial charge in [0.2, 0.25) is 5.91 Å². The van der Waals surface area contributed by atoms with Crippen molar-refractivity contribution in [3.8, 4) is 0 Å². The Morgan fingerprint density at radius 3 is 2.14 bits per heavy atom. The number of nitrogens with two attached hydrogens (primary N) is 1. The minimum absolute atomic E-state index is 0. The minimum Gasteiger partial charge on any atom is -0.545 e. The molecule has 2 heterocycles. The van der Waals surface area contributed by atoms with Crippen molar-refractivity contribution in [3.63, 3.8) is 0 Å². The summed E-state index contributed by atoms with van der Waals surface area (Å²) in [6, 6.07) is 5.72. The molecule has 2 aliphatic rings. The summed E-state index contributed by atoms with van der Waals surface area (Å²) in [5.74, 6) is -1.66. The molecule has 0 radical (unpaired) electrons. The van der Waals surface area contributed by atoms with Crippen LogP contribution in [0, 0.1) is 5.82 Å². The van der Waals surface area contributed by atoms with Gasteiger partial charge in [-0.3, -0.25) is 14.5 Å². The molecular weight excluding hydrogens is 476 g/mol. The Hall–Kier alpha value is -1.20. The molecule has 2 N–H and O–H groups in total. The van der Waals surface area contributed by atoms with Crippen molar-refractivity contribution in [1.29, 1.82) is 0 Å². The zero-order valence-corrected chi connectivity index (χ0v) is 23.8. The van der Waals surface area contributed by atoms with E-state index in [-0.39, 0.29) is 68.9 Å². The number of amides is 1. The number of carbonyl (C=O) groups excluding carboxylic acids is 3. The van der Waals surface area contributed by atoms with Gasteiger partial charge in [0.05, 0.1) is 5.97 Å². The van der Waals surface area contributed by atoms with Crippen molar-refractivity contribution in [3.05, 3.63) is 60.5 Å². The number of carboxylic acid groups (broad SMARTS) is 1. The number of aliphatic carboxylic acids is 1. The smallest absolute Gasteiger partial charge is 0.545 e. The van der Waals surface area contributed by atoms with Gasteiger partial charge in [0.15, 0.2) is 5.78 Å². The number of primary amides is 1. The van der Waals surface area contributed by atoms with Crippen LogP contribution in [0.3, 0.4) is 0 Å². The molecule has 9 heteroatoms. The molecule has 2 saturated heterocycles. The van der Waals surface area contributed by atoms with Gasteiger partial charge < -0.3 is 20.5 Å². The van der Waals surface area contributed by atoms with E-state index in [1.807, 2.05) is 0 Å². The number of likely N-dealkylation sites (tertiary alicyclic amines) is 2. The first-order valence-electron chi connectivity index (χ1n) is 11.8. The molecule has 0 saturated carbocycles.